The summed E-state index contributed by atoms with van der Waals surface area (Å²) in [6, 6.07) is 3.19. The number of carbonyl (C=O) groups is 1. The first-order chi connectivity index (χ1) is 6.92. The molecule has 1 aromatic rings. The SMILES string of the molecule is O=C1CS(=O)(=O)c2ccc([N+](=O)[O-])cc21. The average molecular weight is 227 g/mol. The smallest absolute Gasteiger partial charge is 0.270 e. The minimum absolute atomic E-state index is 0.0794. The third-order valence-electron chi connectivity index (χ3n) is 2.13. The molecule has 1 aliphatic rings. The van der Waals surface area contributed by atoms with Crippen molar-refractivity contribution < 1.29 is 18.1 Å². The summed E-state index contributed by atoms with van der Waals surface area (Å²) in [5.74, 6) is -1.18. The van der Waals surface area contributed by atoms with Gasteiger partial charge in [-0.1, -0.05) is 0 Å². The first-order valence-corrected chi connectivity index (χ1v) is 5.61. The van der Waals surface area contributed by atoms with Crippen molar-refractivity contribution in [3.05, 3.63) is 33.9 Å². The van der Waals surface area contributed by atoms with Gasteiger partial charge in [0.2, 0.25) is 0 Å². The van der Waals surface area contributed by atoms with E-state index >= 15 is 0 Å². The van der Waals surface area contributed by atoms with Gasteiger partial charge in [-0.3, -0.25) is 14.9 Å². The van der Waals surface area contributed by atoms with Crippen molar-refractivity contribution in [1.29, 1.82) is 0 Å². The number of hydrogen-bond donors (Lipinski definition) is 0. The molecule has 15 heavy (non-hydrogen) atoms. The number of nitro benzene ring substituents is 1. The van der Waals surface area contributed by atoms with Crippen molar-refractivity contribution in [2.45, 2.75) is 4.90 Å². The Hall–Kier alpha value is -1.76. The second kappa shape index (κ2) is 2.86. The number of benzene rings is 1. The van der Waals surface area contributed by atoms with E-state index in [1.165, 1.54) is 0 Å². The standard InChI is InChI=1S/C8H5NO5S/c10-7-4-15(13,14)8-2-1-5(9(11)12)3-6(7)8/h1-3H,4H2. The third kappa shape index (κ3) is 1.40. The number of ketones is 1. The molecule has 0 saturated heterocycles. The van der Waals surface area contributed by atoms with Crippen molar-refractivity contribution in [2.75, 3.05) is 5.75 Å². The molecule has 0 N–H and O–H groups in total. The zero-order chi connectivity index (χ0) is 11.2. The number of nitro groups is 1. The molecule has 0 saturated carbocycles. The predicted octanol–water partition coefficient (Wildman–Crippen LogP) is 0.565. The van der Waals surface area contributed by atoms with E-state index in [9.17, 15) is 23.3 Å². The van der Waals surface area contributed by atoms with Crippen molar-refractivity contribution in [3.63, 3.8) is 0 Å². The molecule has 0 aromatic heterocycles. The Labute approximate surface area is 84.6 Å². The zero-order valence-electron chi connectivity index (χ0n) is 7.34. The number of hydrogen-bond acceptors (Lipinski definition) is 5. The molecule has 0 radical (unpaired) electrons. The Bertz CT molecular complexity index is 575. The van der Waals surface area contributed by atoms with Crippen LogP contribution in [0.25, 0.3) is 0 Å². The van der Waals surface area contributed by atoms with E-state index in [4.69, 9.17) is 0 Å². The van der Waals surface area contributed by atoms with Crippen LogP contribution >= 0.6 is 0 Å². The van der Waals surface area contributed by atoms with Gasteiger partial charge in [0.15, 0.2) is 15.6 Å². The predicted molar refractivity (Wildman–Crippen MR) is 49.5 cm³/mol. The van der Waals surface area contributed by atoms with E-state index in [1.54, 1.807) is 0 Å². The summed E-state index contributed by atoms with van der Waals surface area (Å²) in [6.45, 7) is 0. The summed E-state index contributed by atoms with van der Waals surface area (Å²) in [5.41, 5.74) is -0.358. The summed E-state index contributed by atoms with van der Waals surface area (Å²) in [6.07, 6.45) is 0. The highest BCUT2D eigenvalue weighted by molar-refractivity contribution is 7.92. The monoisotopic (exact) mass is 227 g/mol. The fourth-order valence-corrected chi connectivity index (χ4v) is 2.89. The van der Waals surface area contributed by atoms with E-state index in [-0.39, 0.29) is 16.1 Å². The summed E-state index contributed by atoms with van der Waals surface area (Å²) < 4.78 is 22.7. The van der Waals surface area contributed by atoms with Crippen molar-refractivity contribution in [3.8, 4) is 0 Å². The normalized spacial score (nSPS) is 17.5. The molecule has 1 aliphatic heterocycles. The fourth-order valence-electron chi connectivity index (χ4n) is 1.45. The minimum Gasteiger partial charge on any atom is -0.293 e. The molecule has 0 fully saturated rings. The molecule has 6 nitrogen and oxygen atoms in total. The van der Waals surface area contributed by atoms with Crippen LogP contribution in [0.5, 0.6) is 0 Å². The summed E-state index contributed by atoms with van der Waals surface area (Å²) in [7, 11) is -3.57. The van der Waals surface area contributed by atoms with E-state index < -0.39 is 26.3 Å². The second-order valence-electron chi connectivity index (χ2n) is 3.12. The van der Waals surface area contributed by atoms with Crippen LogP contribution in [0.1, 0.15) is 10.4 Å². The molecule has 7 heteroatoms. The lowest BCUT2D eigenvalue weighted by molar-refractivity contribution is -0.384. The minimum atomic E-state index is -3.57. The lowest BCUT2D eigenvalue weighted by Gasteiger charge is -1.95. The number of nitrogens with zero attached hydrogens (tertiary/aromatic N) is 1. The molecule has 0 amide bonds. The van der Waals surface area contributed by atoms with Gasteiger partial charge in [-0.2, -0.15) is 0 Å². The lowest BCUT2D eigenvalue weighted by Crippen LogP contribution is -2.03. The highest BCUT2D eigenvalue weighted by Gasteiger charge is 2.34. The van der Waals surface area contributed by atoms with Gasteiger partial charge in [-0.25, -0.2) is 8.42 Å². The fraction of sp³-hybridized carbons (Fsp3) is 0.125. The Morgan fingerprint density at radius 2 is 2.00 bits per heavy atom. The Balaban J connectivity index is 2.71. The van der Waals surface area contributed by atoms with Crippen LogP contribution in [0.4, 0.5) is 5.69 Å². The number of non-ortho nitro benzene ring substituents is 1. The molecule has 1 heterocycles. The highest BCUT2D eigenvalue weighted by Crippen LogP contribution is 2.28. The van der Waals surface area contributed by atoms with Crippen molar-refractivity contribution in [2.24, 2.45) is 0 Å². The quantitative estimate of drug-likeness (QED) is 0.516. The van der Waals surface area contributed by atoms with E-state index in [0.29, 0.717) is 0 Å². The first kappa shape index (κ1) is 9.78. The maximum atomic E-state index is 11.4. The largest absolute Gasteiger partial charge is 0.293 e. The second-order valence-corrected chi connectivity index (χ2v) is 5.08. The molecule has 2 rings (SSSR count). The first-order valence-electron chi connectivity index (χ1n) is 3.96. The zero-order valence-corrected chi connectivity index (χ0v) is 8.15. The van der Waals surface area contributed by atoms with Crippen LogP contribution in [0, 0.1) is 10.1 Å². The van der Waals surface area contributed by atoms with Gasteiger partial charge in [0, 0.05) is 17.7 Å². The molecule has 0 atom stereocenters. The maximum absolute atomic E-state index is 11.4. The van der Waals surface area contributed by atoms with Gasteiger partial charge in [0.25, 0.3) is 5.69 Å². The van der Waals surface area contributed by atoms with Crippen LogP contribution in [-0.4, -0.2) is 24.9 Å². The summed E-state index contributed by atoms with van der Waals surface area (Å²) >= 11 is 0. The van der Waals surface area contributed by atoms with Crippen LogP contribution in [0.3, 0.4) is 0 Å². The molecule has 1 aromatic carbocycles. The molecule has 0 bridgehead atoms. The lowest BCUT2D eigenvalue weighted by atomic mass is 10.1. The van der Waals surface area contributed by atoms with E-state index in [0.717, 1.165) is 18.2 Å². The molecule has 0 aliphatic carbocycles. The Morgan fingerprint density at radius 1 is 1.33 bits per heavy atom. The topological polar surface area (TPSA) is 94.3 Å². The van der Waals surface area contributed by atoms with Crippen LogP contribution < -0.4 is 0 Å². The molecule has 0 unspecified atom stereocenters. The number of Topliss-reactive ketones (excluding diaryl/α,β-unsaturated/α-hetero) is 1. The van der Waals surface area contributed by atoms with Gasteiger partial charge < -0.3 is 0 Å². The van der Waals surface area contributed by atoms with Gasteiger partial charge in [-0.15, -0.1) is 0 Å². The highest BCUT2D eigenvalue weighted by atomic mass is 32.2. The van der Waals surface area contributed by atoms with Crippen LogP contribution in [-0.2, 0) is 9.84 Å². The van der Waals surface area contributed by atoms with Gasteiger partial charge in [0.05, 0.1) is 9.82 Å². The molecular weight excluding hydrogens is 222 g/mol. The van der Waals surface area contributed by atoms with Crippen molar-refractivity contribution >= 4 is 21.3 Å². The van der Waals surface area contributed by atoms with Crippen LogP contribution in [0.2, 0.25) is 0 Å². The number of fused-ring (bicyclic) bond motifs is 1. The Morgan fingerprint density at radius 3 is 2.60 bits per heavy atom. The molecular formula is C8H5NO5S. The average Bonchev–Trinajstić information content (AvgIpc) is 2.37. The summed E-state index contributed by atoms with van der Waals surface area (Å²) in [5, 5.41) is 10.4. The molecule has 0 spiro atoms. The number of carbonyl (C=O) groups excluding carboxylic acids is 1. The van der Waals surface area contributed by atoms with Crippen molar-refractivity contribution in [1.82, 2.24) is 0 Å². The number of rotatable bonds is 1. The third-order valence-corrected chi connectivity index (χ3v) is 3.80. The van der Waals surface area contributed by atoms with Gasteiger partial charge in [-0.05, 0) is 6.07 Å². The maximum Gasteiger partial charge on any atom is 0.270 e. The van der Waals surface area contributed by atoms with E-state index in [2.05, 4.69) is 0 Å². The Kier molecular flexibility index (Phi) is 1.87. The van der Waals surface area contributed by atoms with Crippen LogP contribution in [0.15, 0.2) is 23.1 Å². The molecule has 78 valence electrons. The summed E-state index contributed by atoms with van der Waals surface area (Å²) in [4.78, 5) is 20.9. The van der Waals surface area contributed by atoms with E-state index in [1.807, 2.05) is 0 Å². The number of sulfone groups is 1. The van der Waals surface area contributed by atoms with Gasteiger partial charge in [0.1, 0.15) is 5.75 Å². The van der Waals surface area contributed by atoms with Gasteiger partial charge >= 0.3 is 0 Å².